The molecule has 0 atom stereocenters. The molecule has 0 aliphatic rings. The predicted molar refractivity (Wildman–Crippen MR) is 67.0 cm³/mol. The number of hydrogen-bond donors (Lipinski definition) is 1. The quantitative estimate of drug-likeness (QED) is 0.798. The molecule has 0 fully saturated rings. The van der Waals surface area contributed by atoms with Crippen LogP contribution in [0, 0.1) is 13.8 Å². The molecule has 84 valence electrons. The Hall–Kier alpha value is -1.36. The normalized spacial score (nSPS) is 11.0. The monoisotopic (exact) mass is 282 g/mol. The summed E-state index contributed by atoms with van der Waals surface area (Å²) in [5, 5.41) is 0.527. The van der Waals surface area contributed by atoms with Gasteiger partial charge in [-0.2, -0.15) is 0 Å². The number of nitrogens with one attached hydrogen (secondary N) is 1. The number of hydrogen-bond acceptors (Lipinski definition) is 2. The molecule has 0 aliphatic heterocycles. The van der Waals surface area contributed by atoms with Crippen LogP contribution in [0.4, 0.5) is 0 Å². The molecule has 0 saturated heterocycles. The van der Waals surface area contributed by atoms with Crippen molar-refractivity contribution in [2.75, 3.05) is 0 Å². The van der Waals surface area contributed by atoms with Crippen LogP contribution in [0.2, 0.25) is 0 Å². The Morgan fingerprint density at radius 2 is 1.88 bits per heavy atom. The topological polar surface area (TPSA) is 54.9 Å². The van der Waals surface area contributed by atoms with Crippen molar-refractivity contribution in [1.82, 2.24) is 9.55 Å². The van der Waals surface area contributed by atoms with Crippen molar-refractivity contribution in [3.05, 3.63) is 42.5 Å². The molecule has 0 unspecified atom stereocenters. The Labute approximate surface area is 100 Å². The summed E-state index contributed by atoms with van der Waals surface area (Å²) in [4.78, 5) is 26.2. The minimum atomic E-state index is -0.392. The number of halogens is 1. The van der Waals surface area contributed by atoms with E-state index in [-0.39, 0.29) is 5.56 Å². The Bertz CT molecular complexity index is 698. The zero-order valence-electron chi connectivity index (χ0n) is 9.22. The molecule has 1 aromatic heterocycles. The smallest absolute Gasteiger partial charge is 0.306 e. The molecule has 0 saturated carbocycles. The van der Waals surface area contributed by atoms with Crippen molar-refractivity contribution in [3.63, 3.8) is 0 Å². The van der Waals surface area contributed by atoms with Gasteiger partial charge in [0.05, 0.1) is 10.9 Å². The van der Waals surface area contributed by atoms with Crippen LogP contribution in [0.1, 0.15) is 11.1 Å². The van der Waals surface area contributed by atoms with Gasteiger partial charge >= 0.3 is 5.69 Å². The second kappa shape index (κ2) is 3.59. The van der Waals surface area contributed by atoms with E-state index in [0.717, 1.165) is 20.2 Å². The fourth-order valence-electron chi connectivity index (χ4n) is 1.78. The summed E-state index contributed by atoms with van der Waals surface area (Å²) in [6.07, 6.45) is 0. The fraction of sp³-hybridized carbons (Fsp3) is 0.273. The number of aromatic amines is 1. The lowest BCUT2D eigenvalue weighted by Crippen LogP contribution is -2.32. The Kier molecular flexibility index (Phi) is 2.50. The first-order chi connectivity index (χ1) is 7.43. The van der Waals surface area contributed by atoms with Crippen LogP contribution in [0.15, 0.2) is 20.1 Å². The molecule has 1 N–H and O–H groups in total. The highest BCUT2D eigenvalue weighted by Gasteiger charge is 2.12. The van der Waals surface area contributed by atoms with E-state index in [9.17, 15) is 9.59 Å². The van der Waals surface area contributed by atoms with E-state index in [0.29, 0.717) is 10.9 Å². The van der Waals surface area contributed by atoms with Crippen LogP contribution in [-0.4, -0.2) is 9.55 Å². The van der Waals surface area contributed by atoms with E-state index in [1.807, 2.05) is 19.9 Å². The predicted octanol–water partition coefficient (Wildman–Crippen LogP) is 1.61. The molecular weight excluding hydrogens is 272 g/mol. The van der Waals surface area contributed by atoms with Gasteiger partial charge in [0.2, 0.25) is 0 Å². The zero-order valence-corrected chi connectivity index (χ0v) is 10.8. The minimum absolute atomic E-state index is 0.280. The Balaban J connectivity index is 3.21. The fourth-order valence-corrected chi connectivity index (χ4v) is 2.26. The second-order valence-corrected chi connectivity index (χ2v) is 4.66. The maximum atomic E-state index is 12.0. The van der Waals surface area contributed by atoms with Crippen LogP contribution in [0.3, 0.4) is 0 Å². The molecule has 4 nitrogen and oxygen atoms in total. The van der Waals surface area contributed by atoms with Crippen molar-refractivity contribution < 1.29 is 0 Å². The molecule has 0 radical (unpaired) electrons. The van der Waals surface area contributed by atoms with Crippen molar-refractivity contribution in [3.8, 4) is 0 Å². The van der Waals surface area contributed by atoms with Gasteiger partial charge in [-0.3, -0.25) is 9.36 Å². The molecule has 2 aromatic rings. The molecule has 1 aromatic carbocycles. The van der Waals surface area contributed by atoms with Gasteiger partial charge in [-0.25, -0.2) is 4.79 Å². The highest BCUT2D eigenvalue weighted by atomic mass is 79.9. The number of aryl methyl sites for hydroxylation is 2. The minimum Gasteiger partial charge on any atom is -0.306 e. The average Bonchev–Trinajstić information content (AvgIpc) is 2.22. The van der Waals surface area contributed by atoms with Gasteiger partial charge in [-0.05, 0) is 40.9 Å². The first-order valence-electron chi connectivity index (χ1n) is 4.82. The largest absolute Gasteiger partial charge is 0.328 e. The van der Waals surface area contributed by atoms with Gasteiger partial charge in [0, 0.05) is 11.5 Å². The van der Waals surface area contributed by atoms with E-state index in [2.05, 4.69) is 20.9 Å². The second-order valence-electron chi connectivity index (χ2n) is 3.87. The van der Waals surface area contributed by atoms with E-state index in [1.165, 1.54) is 7.05 Å². The lowest BCUT2D eigenvalue weighted by atomic mass is 10.1. The standard InChI is InChI=1S/C11H11BrN2O2/c1-5-4-6(2)9-7(8(5)12)10(15)14(3)11(16)13-9/h4H,1-3H3,(H,13,16). The van der Waals surface area contributed by atoms with Crippen LogP contribution < -0.4 is 11.2 Å². The van der Waals surface area contributed by atoms with Crippen LogP contribution in [0.25, 0.3) is 10.9 Å². The first-order valence-corrected chi connectivity index (χ1v) is 5.61. The third-order valence-electron chi connectivity index (χ3n) is 2.70. The zero-order chi connectivity index (χ0) is 12.0. The van der Waals surface area contributed by atoms with Gasteiger partial charge in [0.25, 0.3) is 5.56 Å². The van der Waals surface area contributed by atoms with Crippen LogP contribution in [-0.2, 0) is 7.05 Å². The van der Waals surface area contributed by atoms with Crippen molar-refractivity contribution in [2.45, 2.75) is 13.8 Å². The number of benzene rings is 1. The third-order valence-corrected chi connectivity index (χ3v) is 3.72. The summed E-state index contributed by atoms with van der Waals surface area (Å²) < 4.78 is 1.82. The number of H-pyrrole nitrogens is 1. The number of fused-ring (bicyclic) bond motifs is 1. The molecule has 2 rings (SSSR count). The molecule has 0 spiro atoms. The molecule has 16 heavy (non-hydrogen) atoms. The number of aromatic nitrogens is 2. The van der Waals surface area contributed by atoms with E-state index in [1.54, 1.807) is 0 Å². The summed E-state index contributed by atoms with van der Waals surface area (Å²) in [6, 6.07) is 1.93. The first kappa shape index (κ1) is 11.1. The van der Waals surface area contributed by atoms with Crippen LogP contribution in [0.5, 0.6) is 0 Å². The molecule has 0 amide bonds. The maximum absolute atomic E-state index is 12.0. The van der Waals surface area contributed by atoms with E-state index >= 15 is 0 Å². The molecule has 5 heteroatoms. The SMILES string of the molecule is Cc1cc(C)c2[nH]c(=O)n(C)c(=O)c2c1Br. The molecule has 1 heterocycles. The van der Waals surface area contributed by atoms with Gasteiger partial charge in [-0.1, -0.05) is 6.07 Å². The van der Waals surface area contributed by atoms with Crippen molar-refractivity contribution in [1.29, 1.82) is 0 Å². The lowest BCUT2D eigenvalue weighted by molar-refractivity contribution is 0.792. The van der Waals surface area contributed by atoms with Gasteiger partial charge in [-0.15, -0.1) is 0 Å². The van der Waals surface area contributed by atoms with Gasteiger partial charge < -0.3 is 4.98 Å². The van der Waals surface area contributed by atoms with Crippen LogP contribution >= 0.6 is 15.9 Å². The lowest BCUT2D eigenvalue weighted by Gasteiger charge is -2.08. The molecule has 0 aliphatic carbocycles. The summed E-state index contributed by atoms with van der Waals surface area (Å²) >= 11 is 3.39. The Morgan fingerprint density at radius 1 is 1.25 bits per heavy atom. The summed E-state index contributed by atoms with van der Waals surface area (Å²) in [5.41, 5.74) is 1.80. The van der Waals surface area contributed by atoms with E-state index in [4.69, 9.17) is 0 Å². The van der Waals surface area contributed by atoms with Gasteiger partial charge in [0.15, 0.2) is 0 Å². The molecular formula is C11H11BrN2O2. The van der Waals surface area contributed by atoms with Crippen molar-refractivity contribution in [2.24, 2.45) is 7.05 Å². The number of nitrogens with zero attached hydrogens (tertiary/aromatic N) is 1. The van der Waals surface area contributed by atoms with Gasteiger partial charge in [0.1, 0.15) is 0 Å². The average molecular weight is 283 g/mol. The number of rotatable bonds is 0. The maximum Gasteiger partial charge on any atom is 0.328 e. The molecule has 0 bridgehead atoms. The highest BCUT2D eigenvalue weighted by molar-refractivity contribution is 9.10. The highest BCUT2D eigenvalue weighted by Crippen LogP contribution is 2.25. The Morgan fingerprint density at radius 3 is 2.50 bits per heavy atom. The summed E-state index contributed by atoms with van der Waals surface area (Å²) in [7, 11) is 1.46. The van der Waals surface area contributed by atoms with E-state index < -0.39 is 5.69 Å². The summed E-state index contributed by atoms with van der Waals surface area (Å²) in [6.45, 7) is 3.79. The van der Waals surface area contributed by atoms with Crippen molar-refractivity contribution >= 4 is 26.8 Å². The summed E-state index contributed by atoms with van der Waals surface area (Å²) in [5.74, 6) is 0. The third kappa shape index (κ3) is 1.43.